The zero-order valence-corrected chi connectivity index (χ0v) is 16.7. The lowest BCUT2D eigenvalue weighted by molar-refractivity contribution is 0.102. The molecule has 1 heterocycles. The normalized spacial score (nSPS) is 12.5. The van der Waals surface area contributed by atoms with Crippen LogP contribution in [0, 0.1) is 11.3 Å². The summed E-state index contributed by atoms with van der Waals surface area (Å²) in [4.78, 5) is 14.1. The van der Waals surface area contributed by atoms with Crippen molar-refractivity contribution in [3.63, 3.8) is 0 Å². The molecule has 1 aromatic heterocycles. The van der Waals surface area contributed by atoms with Crippen LogP contribution in [0.2, 0.25) is 0 Å². The van der Waals surface area contributed by atoms with Gasteiger partial charge in [-0.1, -0.05) is 56.7 Å². The third kappa shape index (κ3) is 4.04. The number of carbonyl (C=O) groups is 1. The molecule has 2 aromatic carbocycles. The summed E-state index contributed by atoms with van der Waals surface area (Å²) in [6.45, 7) is 4.25. The molecule has 0 bridgehead atoms. The Kier molecular flexibility index (Phi) is 6.26. The third-order valence-corrected chi connectivity index (χ3v) is 5.75. The molecule has 4 rings (SSSR count). The topological polar surface area (TPSA) is 52.9 Å². The number of anilines is 1. The van der Waals surface area contributed by atoms with Gasteiger partial charge in [0.05, 0.1) is 5.56 Å². The van der Waals surface area contributed by atoms with Gasteiger partial charge in [-0.2, -0.15) is 5.26 Å². The summed E-state index contributed by atoms with van der Waals surface area (Å²) in [5, 5.41) is 15.2. The van der Waals surface area contributed by atoms with E-state index in [4.69, 9.17) is 0 Å². The van der Waals surface area contributed by atoms with E-state index < -0.39 is 0 Å². The quantitative estimate of drug-likeness (QED) is 0.569. The van der Waals surface area contributed by atoms with Gasteiger partial charge < -0.3 is 5.32 Å². The molecule has 0 spiro atoms. The number of rotatable bonds is 2. The Hall–Kier alpha value is -2.64. The van der Waals surface area contributed by atoms with Crippen LogP contribution < -0.4 is 5.32 Å². The second kappa shape index (κ2) is 8.83. The number of hydrogen-bond acceptors (Lipinski definition) is 3. The average molecular weight is 377 g/mol. The molecular weight excluding hydrogens is 352 g/mol. The van der Waals surface area contributed by atoms with E-state index in [-0.39, 0.29) is 5.91 Å². The fourth-order valence-electron chi connectivity index (χ4n) is 3.37. The van der Waals surface area contributed by atoms with Gasteiger partial charge in [0.25, 0.3) is 5.91 Å². The van der Waals surface area contributed by atoms with Crippen molar-refractivity contribution >= 4 is 33.0 Å². The molecule has 1 amide bonds. The van der Waals surface area contributed by atoms with Crippen LogP contribution in [-0.2, 0) is 12.8 Å². The van der Waals surface area contributed by atoms with Crippen LogP contribution in [-0.4, -0.2) is 5.91 Å². The molecule has 3 aromatic rings. The Morgan fingerprint density at radius 1 is 1.11 bits per heavy atom. The maximum absolute atomic E-state index is 12.8. The third-order valence-electron chi connectivity index (χ3n) is 4.54. The number of nitrogens with zero attached hydrogens (tertiary/aromatic N) is 1. The van der Waals surface area contributed by atoms with E-state index in [9.17, 15) is 10.1 Å². The van der Waals surface area contributed by atoms with Crippen molar-refractivity contribution in [2.45, 2.75) is 46.0 Å². The summed E-state index contributed by atoms with van der Waals surface area (Å²) in [6.07, 6.45) is 5.49. The number of hydrogen-bond donors (Lipinski definition) is 1. The van der Waals surface area contributed by atoms with Gasteiger partial charge >= 0.3 is 0 Å². The van der Waals surface area contributed by atoms with Crippen LogP contribution in [0.1, 0.15) is 59.5 Å². The highest BCUT2D eigenvalue weighted by Crippen LogP contribution is 2.38. The molecule has 0 saturated carbocycles. The van der Waals surface area contributed by atoms with E-state index in [0.29, 0.717) is 16.1 Å². The lowest BCUT2D eigenvalue weighted by atomic mass is 9.96. The number of benzene rings is 2. The van der Waals surface area contributed by atoms with Crippen LogP contribution in [0.5, 0.6) is 0 Å². The molecule has 0 saturated heterocycles. The maximum atomic E-state index is 12.8. The fraction of sp³-hybridized carbons (Fsp3) is 0.304. The first-order valence-corrected chi connectivity index (χ1v) is 10.3. The maximum Gasteiger partial charge on any atom is 0.256 e. The highest BCUT2D eigenvalue weighted by Gasteiger charge is 2.22. The van der Waals surface area contributed by atoms with E-state index in [1.807, 2.05) is 42.5 Å². The molecular formula is C23H24N2OS. The van der Waals surface area contributed by atoms with Gasteiger partial charge in [-0.3, -0.25) is 4.79 Å². The van der Waals surface area contributed by atoms with Crippen molar-refractivity contribution < 1.29 is 4.79 Å². The average Bonchev–Trinajstić information content (AvgIpc) is 3.05. The van der Waals surface area contributed by atoms with Crippen molar-refractivity contribution in [1.29, 1.82) is 5.26 Å². The van der Waals surface area contributed by atoms with E-state index in [1.54, 1.807) is 11.3 Å². The summed E-state index contributed by atoms with van der Waals surface area (Å²) in [5.41, 5.74) is 2.44. The minimum Gasteiger partial charge on any atom is -0.312 e. The van der Waals surface area contributed by atoms with Gasteiger partial charge in [0.15, 0.2) is 0 Å². The number of carbonyl (C=O) groups excluding carboxylic acids is 1. The number of nitrogens with one attached hydrogen (secondary N) is 1. The number of amides is 1. The van der Waals surface area contributed by atoms with E-state index in [0.717, 1.165) is 42.0 Å². The molecule has 1 aliphatic carbocycles. The molecule has 138 valence electrons. The van der Waals surface area contributed by atoms with Gasteiger partial charge in [0, 0.05) is 10.4 Å². The molecule has 3 nitrogen and oxygen atoms in total. The van der Waals surface area contributed by atoms with Crippen molar-refractivity contribution in [1.82, 2.24) is 0 Å². The lowest BCUT2D eigenvalue weighted by Crippen LogP contribution is -2.12. The van der Waals surface area contributed by atoms with Crippen molar-refractivity contribution in [2.24, 2.45) is 0 Å². The Balaban J connectivity index is 0.000000659. The molecule has 27 heavy (non-hydrogen) atoms. The van der Waals surface area contributed by atoms with Gasteiger partial charge in [0.2, 0.25) is 0 Å². The molecule has 0 fully saturated rings. The zero-order chi connectivity index (χ0) is 19.2. The fourth-order valence-corrected chi connectivity index (χ4v) is 4.60. The number of thiophene rings is 1. The smallest absolute Gasteiger partial charge is 0.256 e. The number of fused-ring (bicyclic) bond motifs is 2. The van der Waals surface area contributed by atoms with Crippen LogP contribution in [0.25, 0.3) is 10.8 Å². The number of aryl methyl sites for hydroxylation is 1. The van der Waals surface area contributed by atoms with Crippen LogP contribution >= 0.6 is 11.3 Å². The van der Waals surface area contributed by atoms with Crippen molar-refractivity contribution in [3.05, 3.63) is 64.0 Å². The molecule has 4 heteroatoms. The highest BCUT2D eigenvalue weighted by atomic mass is 32.1. The minimum absolute atomic E-state index is 0.151. The number of nitriles is 1. The van der Waals surface area contributed by atoms with Crippen LogP contribution in [0.4, 0.5) is 5.00 Å². The second-order valence-electron chi connectivity index (χ2n) is 6.71. The Morgan fingerprint density at radius 2 is 1.81 bits per heavy atom. The SMILES string of the molecule is CCC.N#Cc1c(NC(=O)c2cccc3ccccc23)sc2c1CCCC2. The highest BCUT2D eigenvalue weighted by molar-refractivity contribution is 7.16. The van der Waals surface area contributed by atoms with E-state index in [1.165, 1.54) is 11.3 Å². The summed E-state index contributed by atoms with van der Waals surface area (Å²) in [5.74, 6) is -0.151. The first-order chi connectivity index (χ1) is 13.2. The summed E-state index contributed by atoms with van der Waals surface area (Å²) < 4.78 is 0. The summed E-state index contributed by atoms with van der Waals surface area (Å²) >= 11 is 1.56. The van der Waals surface area contributed by atoms with Crippen molar-refractivity contribution in [2.75, 3.05) is 5.32 Å². The molecule has 1 aliphatic rings. The lowest BCUT2D eigenvalue weighted by Gasteiger charge is -2.09. The Morgan fingerprint density at radius 3 is 2.59 bits per heavy atom. The largest absolute Gasteiger partial charge is 0.312 e. The summed E-state index contributed by atoms with van der Waals surface area (Å²) in [6, 6.07) is 15.9. The molecule has 0 aliphatic heterocycles. The second-order valence-corrected chi connectivity index (χ2v) is 7.82. The predicted octanol–water partition coefficient (Wildman–Crippen LogP) is 6.32. The zero-order valence-electron chi connectivity index (χ0n) is 15.8. The van der Waals surface area contributed by atoms with E-state index in [2.05, 4.69) is 25.2 Å². The molecule has 1 N–H and O–H groups in total. The first kappa shape index (κ1) is 19.1. The van der Waals surface area contributed by atoms with Gasteiger partial charge in [0.1, 0.15) is 11.1 Å². The Labute approximate surface area is 164 Å². The minimum atomic E-state index is -0.151. The molecule has 0 atom stereocenters. The first-order valence-electron chi connectivity index (χ1n) is 9.53. The monoisotopic (exact) mass is 376 g/mol. The predicted molar refractivity (Wildman–Crippen MR) is 114 cm³/mol. The van der Waals surface area contributed by atoms with Crippen LogP contribution in [0.15, 0.2) is 42.5 Å². The van der Waals surface area contributed by atoms with Crippen molar-refractivity contribution in [3.8, 4) is 6.07 Å². The van der Waals surface area contributed by atoms with Gasteiger partial charge in [-0.05, 0) is 48.1 Å². The van der Waals surface area contributed by atoms with Gasteiger partial charge in [-0.15, -0.1) is 11.3 Å². The van der Waals surface area contributed by atoms with E-state index >= 15 is 0 Å². The Bertz CT molecular complexity index is 992. The molecule has 0 unspecified atom stereocenters. The molecule has 0 radical (unpaired) electrons. The summed E-state index contributed by atoms with van der Waals surface area (Å²) in [7, 11) is 0. The van der Waals surface area contributed by atoms with Crippen LogP contribution in [0.3, 0.4) is 0 Å². The standard InChI is InChI=1S/C20H16N2OS.C3H8/c21-12-17-15-9-3-4-11-18(15)24-20(17)22-19(23)16-10-5-7-13-6-1-2-8-14(13)16;1-3-2/h1-2,5-8,10H,3-4,9,11H2,(H,22,23);3H2,1-2H3. The van der Waals surface area contributed by atoms with Gasteiger partial charge in [-0.25, -0.2) is 0 Å².